The molecule has 0 radical (unpaired) electrons. The summed E-state index contributed by atoms with van der Waals surface area (Å²) >= 11 is 1.76. The summed E-state index contributed by atoms with van der Waals surface area (Å²) < 4.78 is 7.75. The lowest BCUT2D eigenvalue weighted by atomic mass is 10.1. The summed E-state index contributed by atoms with van der Waals surface area (Å²) in [6, 6.07) is 0. The summed E-state index contributed by atoms with van der Waals surface area (Å²) in [6.45, 7) is 5.42. The maximum absolute atomic E-state index is 5.94. The van der Waals surface area contributed by atoms with E-state index < -0.39 is 0 Å². The Morgan fingerprint density at radius 1 is 1.34 bits per heavy atom. The number of hydrogen-bond acceptors (Lipinski definition) is 6. The van der Waals surface area contributed by atoms with Crippen LogP contribution in [0.4, 0.5) is 5.13 Å². The Hall–Kier alpha value is -1.40. The Bertz CT molecular complexity index is 802. The van der Waals surface area contributed by atoms with Gasteiger partial charge >= 0.3 is 0 Å². The Kier molecular flexibility index (Phi) is 8.13. The van der Waals surface area contributed by atoms with Gasteiger partial charge in [-0.15, -0.1) is 35.3 Å². The van der Waals surface area contributed by atoms with Crippen molar-refractivity contribution in [3.63, 3.8) is 0 Å². The van der Waals surface area contributed by atoms with Crippen molar-refractivity contribution in [3.8, 4) is 0 Å². The molecule has 1 N–H and O–H groups in total. The van der Waals surface area contributed by atoms with Crippen LogP contribution in [-0.4, -0.2) is 72.0 Å². The second-order valence-electron chi connectivity index (χ2n) is 7.29. The quantitative estimate of drug-likeness (QED) is 0.363. The van der Waals surface area contributed by atoms with Gasteiger partial charge < -0.3 is 19.9 Å². The first-order valence-corrected chi connectivity index (χ1v) is 10.9. The number of ether oxygens (including phenoxy) is 1. The van der Waals surface area contributed by atoms with Crippen LogP contribution < -0.4 is 10.2 Å². The van der Waals surface area contributed by atoms with E-state index in [4.69, 9.17) is 9.72 Å². The molecule has 0 amide bonds. The summed E-state index contributed by atoms with van der Waals surface area (Å²) in [7, 11) is 3.77. The highest BCUT2D eigenvalue weighted by Gasteiger charge is 2.25. The summed E-state index contributed by atoms with van der Waals surface area (Å²) in [6.07, 6.45) is 7.40. The molecule has 8 nitrogen and oxygen atoms in total. The van der Waals surface area contributed by atoms with E-state index in [1.54, 1.807) is 11.3 Å². The minimum Gasteiger partial charge on any atom is -0.370 e. The van der Waals surface area contributed by atoms with Gasteiger partial charge in [-0.25, -0.2) is 4.98 Å². The van der Waals surface area contributed by atoms with Crippen LogP contribution >= 0.6 is 35.3 Å². The number of morpholine rings is 1. The molecule has 4 rings (SSSR count). The first kappa shape index (κ1) is 22.3. The van der Waals surface area contributed by atoms with Crippen molar-refractivity contribution in [2.24, 2.45) is 12.0 Å². The van der Waals surface area contributed by atoms with Crippen LogP contribution in [0.15, 0.2) is 22.8 Å². The van der Waals surface area contributed by atoms with Crippen molar-refractivity contribution in [1.29, 1.82) is 0 Å². The SMILES string of the molecule is CN=C(NCCc1csc(N2CCCC2)n1)N1CCOC(c2cnn(C)c2)C1.I. The van der Waals surface area contributed by atoms with E-state index in [1.165, 1.54) is 18.0 Å². The average Bonchev–Trinajstić information content (AvgIpc) is 3.46. The van der Waals surface area contributed by atoms with Crippen molar-refractivity contribution in [3.05, 3.63) is 29.0 Å². The molecule has 29 heavy (non-hydrogen) atoms. The third kappa shape index (κ3) is 5.60. The number of guanidine groups is 1. The zero-order valence-corrected chi connectivity index (χ0v) is 20.2. The predicted octanol–water partition coefficient (Wildman–Crippen LogP) is 2.29. The highest BCUT2D eigenvalue weighted by atomic mass is 127. The monoisotopic (exact) mass is 531 g/mol. The summed E-state index contributed by atoms with van der Waals surface area (Å²) in [5.74, 6) is 0.923. The normalized spacial score (nSPS) is 20.1. The zero-order valence-electron chi connectivity index (χ0n) is 17.1. The highest BCUT2D eigenvalue weighted by Crippen LogP contribution is 2.24. The molecule has 0 saturated carbocycles. The van der Waals surface area contributed by atoms with Gasteiger partial charge in [-0.2, -0.15) is 5.10 Å². The van der Waals surface area contributed by atoms with Crippen molar-refractivity contribution in [2.75, 3.05) is 51.3 Å². The van der Waals surface area contributed by atoms with Crippen LogP contribution in [0.1, 0.15) is 30.2 Å². The number of aryl methyl sites for hydroxylation is 1. The fourth-order valence-corrected chi connectivity index (χ4v) is 4.66. The molecule has 0 aromatic carbocycles. The maximum atomic E-state index is 5.94. The number of anilines is 1. The number of thiazole rings is 1. The molecule has 2 aromatic rings. The van der Waals surface area contributed by atoms with Gasteiger partial charge in [0.05, 0.1) is 25.0 Å². The number of nitrogens with zero attached hydrogens (tertiary/aromatic N) is 6. The smallest absolute Gasteiger partial charge is 0.193 e. The van der Waals surface area contributed by atoms with Gasteiger partial charge in [0.25, 0.3) is 0 Å². The van der Waals surface area contributed by atoms with E-state index in [0.717, 1.165) is 56.4 Å². The largest absolute Gasteiger partial charge is 0.370 e. The number of aromatic nitrogens is 3. The van der Waals surface area contributed by atoms with Gasteiger partial charge in [0, 0.05) is 63.8 Å². The lowest BCUT2D eigenvalue weighted by Gasteiger charge is -2.34. The molecule has 0 spiro atoms. The van der Waals surface area contributed by atoms with Crippen molar-refractivity contribution in [2.45, 2.75) is 25.4 Å². The minimum atomic E-state index is 0. The van der Waals surface area contributed by atoms with Crippen LogP contribution in [0.2, 0.25) is 0 Å². The van der Waals surface area contributed by atoms with Gasteiger partial charge in [0.1, 0.15) is 6.10 Å². The van der Waals surface area contributed by atoms with Gasteiger partial charge in [0.15, 0.2) is 11.1 Å². The average molecular weight is 531 g/mol. The van der Waals surface area contributed by atoms with Crippen LogP contribution in [0, 0.1) is 0 Å². The molecule has 1 atom stereocenters. The number of rotatable bonds is 5. The number of halogens is 1. The molecule has 0 bridgehead atoms. The Labute approximate surface area is 193 Å². The maximum Gasteiger partial charge on any atom is 0.193 e. The van der Waals surface area contributed by atoms with E-state index >= 15 is 0 Å². The predicted molar refractivity (Wildman–Crippen MR) is 128 cm³/mol. The van der Waals surface area contributed by atoms with E-state index in [-0.39, 0.29) is 30.1 Å². The lowest BCUT2D eigenvalue weighted by Crippen LogP contribution is -2.48. The molecule has 160 valence electrons. The van der Waals surface area contributed by atoms with Crippen LogP contribution in [-0.2, 0) is 18.2 Å². The fourth-order valence-electron chi connectivity index (χ4n) is 3.75. The van der Waals surface area contributed by atoms with Crippen LogP contribution in [0.25, 0.3) is 0 Å². The van der Waals surface area contributed by atoms with Gasteiger partial charge in [-0.1, -0.05) is 0 Å². The molecular weight excluding hydrogens is 501 g/mol. The summed E-state index contributed by atoms with van der Waals surface area (Å²) in [5, 5.41) is 11.1. The summed E-state index contributed by atoms with van der Waals surface area (Å²) in [4.78, 5) is 13.9. The van der Waals surface area contributed by atoms with Crippen LogP contribution in [0.3, 0.4) is 0 Å². The minimum absolute atomic E-state index is 0. The third-order valence-electron chi connectivity index (χ3n) is 5.25. The summed E-state index contributed by atoms with van der Waals surface area (Å²) in [5.41, 5.74) is 2.27. The molecular formula is C19H30IN7OS. The van der Waals surface area contributed by atoms with E-state index in [2.05, 4.69) is 30.6 Å². The zero-order chi connectivity index (χ0) is 19.3. The van der Waals surface area contributed by atoms with Crippen molar-refractivity contribution >= 4 is 46.4 Å². The van der Waals surface area contributed by atoms with E-state index in [1.807, 2.05) is 31.2 Å². The Morgan fingerprint density at radius 2 is 2.17 bits per heavy atom. The topological polar surface area (TPSA) is 70.8 Å². The molecule has 2 fully saturated rings. The van der Waals surface area contributed by atoms with E-state index in [0.29, 0.717) is 6.61 Å². The second kappa shape index (κ2) is 10.6. The van der Waals surface area contributed by atoms with Gasteiger partial charge in [-0.3, -0.25) is 9.67 Å². The van der Waals surface area contributed by atoms with Crippen molar-refractivity contribution < 1.29 is 4.74 Å². The molecule has 10 heteroatoms. The fraction of sp³-hybridized carbons (Fsp3) is 0.632. The molecule has 4 heterocycles. The molecule has 2 aliphatic rings. The van der Waals surface area contributed by atoms with Gasteiger partial charge in [0.2, 0.25) is 0 Å². The van der Waals surface area contributed by atoms with Crippen LogP contribution in [0.5, 0.6) is 0 Å². The molecule has 2 saturated heterocycles. The molecule has 2 aliphatic heterocycles. The van der Waals surface area contributed by atoms with E-state index in [9.17, 15) is 0 Å². The number of hydrogen-bond donors (Lipinski definition) is 1. The highest BCUT2D eigenvalue weighted by molar-refractivity contribution is 14.0. The first-order chi connectivity index (χ1) is 13.7. The Balaban J connectivity index is 0.00000240. The van der Waals surface area contributed by atoms with Gasteiger partial charge in [-0.05, 0) is 12.8 Å². The molecule has 0 aliphatic carbocycles. The number of aliphatic imine (C=N–C) groups is 1. The third-order valence-corrected chi connectivity index (χ3v) is 6.21. The Morgan fingerprint density at radius 3 is 2.90 bits per heavy atom. The lowest BCUT2D eigenvalue weighted by molar-refractivity contribution is -0.00801. The first-order valence-electron chi connectivity index (χ1n) is 9.98. The number of nitrogens with one attached hydrogen (secondary N) is 1. The standard InChI is InChI=1S/C19H29N7OS.HI/c1-20-18(26-9-10-27-17(13-26)15-11-22-24(2)12-15)21-6-5-16-14-28-19(23-16)25-7-3-4-8-25;/h11-12,14,17H,3-10,13H2,1-2H3,(H,20,21);1H. The second-order valence-corrected chi connectivity index (χ2v) is 8.13. The molecule has 1 unspecified atom stereocenters. The van der Waals surface area contributed by atoms with Crippen molar-refractivity contribution in [1.82, 2.24) is 25.0 Å². The molecule has 2 aromatic heterocycles.